The topological polar surface area (TPSA) is 24.4 Å². The van der Waals surface area contributed by atoms with Gasteiger partial charge in [-0.25, -0.2) is 0 Å². The van der Waals surface area contributed by atoms with Crippen LogP contribution in [0.4, 0.5) is 5.69 Å². The van der Waals surface area contributed by atoms with Gasteiger partial charge in [0.1, 0.15) is 0 Å². The molecule has 0 atom stereocenters. The van der Waals surface area contributed by atoms with Crippen molar-refractivity contribution in [2.75, 3.05) is 11.9 Å². The molecule has 11 heavy (non-hydrogen) atoms. The van der Waals surface area contributed by atoms with Crippen molar-refractivity contribution in [1.29, 1.82) is 0 Å². The fourth-order valence-corrected chi connectivity index (χ4v) is 1.24. The molecule has 0 aromatic heterocycles. The quantitative estimate of drug-likeness (QED) is 0.591. The first kappa shape index (κ1) is 6.40. The molecular formula is C9H10N2. The van der Waals surface area contributed by atoms with Gasteiger partial charge in [0.15, 0.2) is 0 Å². The van der Waals surface area contributed by atoms with Crippen LogP contribution >= 0.6 is 0 Å². The lowest BCUT2D eigenvalue weighted by Gasteiger charge is -2.02. The second-order valence-electron chi connectivity index (χ2n) is 2.59. The molecule has 1 N–H and O–H groups in total. The van der Waals surface area contributed by atoms with Crippen LogP contribution in [-0.4, -0.2) is 12.9 Å². The van der Waals surface area contributed by atoms with Gasteiger partial charge < -0.3 is 5.32 Å². The Labute approximate surface area is 66.0 Å². The summed E-state index contributed by atoms with van der Waals surface area (Å²) in [6, 6.07) is 8.31. The van der Waals surface area contributed by atoms with E-state index in [0.717, 1.165) is 13.0 Å². The van der Waals surface area contributed by atoms with Crippen LogP contribution in [-0.2, 0) is 6.42 Å². The van der Waals surface area contributed by atoms with E-state index in [0.29, 0.717) is 0 Å². The van der Waals surface area contributed by atoms with Crippen LogP contribution in [0.3, 0.4) is 0 Å². The summed E-state index contributed by atoms with van der Waals surface area (Å²) in [5.41, 5.74) is 2.54. The van der Waals surface area contributed by atoms with Gasteiger partial charge in [0, 0.05) is 12.2 Å². The van der Waals surface area contributed by atoms with Gasteiger partial charge in [0.25, 0.3) is 0 Å². The summed E-state index contributed by atoms with van der Waals surface area (Å²) in [4.78, 5) is 4.15. The lowest BCUT2D eigenvalue weighted by Crippen LogP contribution is -1.94. The maximum absolute atomic E-state index is 4.15. The molecular weight excluding hydrogens is 136 g/mol. The summed E-state index contributed by atoms with van der Waals surface area (Å²) in [5, 5.41) is 3.13. The van der Waals surface area contributed by atoms with Crippen molar-refractivity contribution in [3.05, 3.63) is 29.8 Å². The van der Waals surface area contributed by atoms with Gasteiger partial charge in [-0.1, -0.05) is 18.2 Å². The molecule has 1 heterocycles. The van der Waals surface area contributed by atoms with Gasteiger partial charge in [-0.2, -0.15) is 0 Å². The third-order valence-corrected chi connectivity index (χ3v) is 1.84. The number of aliphatic imine (C=N–C) groups is 1. The van der Waals surface area contributed by atoms with E-state index < -0.39 is 0 Å². The maximum Gasteiger partial charge on any atom is 0.0868 e. The van der Waals surface area contributed by atoms with E-state index in [4.69, 9.17) is 0 Å². The first-order chi connectivity index (χ1) is 5.47. The SMILES string of the molecule is C1=NCCc2ccccc2N1. The number of rotatable bonds is 0. The van der Waals surface area contributed by atoms with Gasteiger partial charge in [-0.05, 0) is 18.1 Å². The summed E-state index contributed by atoms with van der Waals surface area (Å²) in [5.74, 6) is 0. The number of para-hydroxylation sites is 1. The minimum Gasteiger partial charge on any atom is -0.347 e. The van der Waals surface area contributed by atoms with Crippen LogP contribution in [0, 0.1) is 0 Å². The van der Waals surface area contributed by atoms with Gasteiger partial charge in [0.05, 0.1) is 6.34 Å². The van der Waals surface area contributed by atoms with Crippen LogP contribution in [0.15, 0.2) is 29.3 Å². The van der Waals surface area contributed by atoms with E-state index in [2.05, 4.69) is 28.5 Å². The summed E-state index contributed by atoms with van der Waals surface area (Å²) in [7, 11) is 0. The molecule has 0 saturated carbocycles. The van der Waals surface area contributed by atoms with Gasteiger partial charge >= 0.3 is 0 Å². The number of nitrogens with one attached hydrogen (secondary N) is 1. The van der Waals surface area contributed by atoms with Crippen molar-refractivity contribution in [1.82, 2.24) is 0 Å². The van der Waals surface area contributed by atoms with Crippen molar-refractivity contribution >= 4 is 12.0 Å². The predicted molar refractivity (Wildman–Crippen MR) is 47.1 cm³/mol. The van der Waals surface area contributed by atoms with Gasteiger partial charge in [-0.3, -0.25) is 4.99 Å². The average Bonchev–Trinajstić information content (AvgIpc) is 2.28. The Morgan fingerprint density at radius 2 is 2.18 bits per heavy atom. The van der Waals surface area contributed by atoms with E-state index in [9.17, 15) is 0 Å². The molecule has 1 aliphatic heterocycles. The zero-order valence-electron chi connectivity index (χ0n) is 6.25. The smallest absolute Gasteiger partial charge is 0.0868 e. The number of hydrogen-bond donors (Lipinski definition) is 1. The lowest BCUT2D eigenvalue weighted by molar-refractivity contribution is 0.985. The summed E-state index contributed by atoms with van der Waals surface area (Å²) in [6.07, 6.45) is 2.81. The Balaban J connectivity index is 2.40. The van der Waals surface area contributed by atoms with Crippen LogP contribution in [0.5, 0.6) is 0 Å². The largest absolute Gasteiger partial charge is 0.347 e. The minimum absolute atomic E-state index is 0.893. The zero-order chi connectivity index (χ0) is 7.52. The molecule has 56 valence electrons. The minimum atomic E-state index is 0.893. The fraction of sp³-hybridized carbons (Fsp3) is 0.222. The van der Waals surface area contributed by atoms with Crippen LogP contribution in [0.25, 0.3) is 0 Å². The summed E-state index contributed by atoms with van der Waals surface area (Å²) in [6.45, 7) is 0.893. The summed E-state index contributed by atoms with van der Waals surface area (Å²) >= 11 is 0. The number of benzene rings is 1. The number of anilines is 1. The Kier molecular flexibility index (Phi) is 1.60. The van der Waals surface area contributed by atoms with Crippen LogP contribution in [0.1, 0.15) is 5.56 Å². The Bertz CT molecular complexity index is 279. The fourth-order valence-electron chi connectivity index (χ4n) is 1.24. The maximum atomic E-state index is 4.15. The molecule has 0 amide bonds. The van der Waals surface area contributed by atoms with Gasteiger partial charge in [-0.15, -0.1) is 0 Å². The molecule has 1 aromatic rings. The average molecular weight is 146 g/mol. The molecule has 0 spiro atoms. The first-order valence-electron chi connectivity index (χ1n) is 3.79. The first-order valence-corrected chi connectivity index (χ1v) is 3.79. The molecule has 2 rings (SSSR count). The van der Waals surface area contributed by atoms with Crippen LogP contribution in [0.2, 0.25) is 0 Å². The summed E-state index contributed by atoms with van der Waals surface area (Å²) < 4.78 is 0. The van der Waals surface area contributed by atoms with Crippen molar-refractivity contribution in [2.24, 2.45) is 4.99 Å². The number of fused-ring (bicyclic) bond motifs is 1. The van der Waals surface area contributed by atoms with E-state index in [-0.39, 0.29) is 0 Å². The molecule has 0 radical (unpaired) electrons. The van der Waals surface area contributed by atoms with Gasteiger partial charge in [0.2, 0.25) is 0 Å². The predicted octanol–water partition coefficient (Wildman–Crippen LogP) is 1.68. The molecule has 0 unspecified atom stereocenters. The monoisotopic (exact) mass is 146 g/mol. The van der Waals surface area contributed by atoms with Crippen molar-refractivity contribution in [2.45, 2.75) is 6.42 Å². The number of nitrogens with zero attached hydrogens (tertiary/aromatic N) is 1. The second-order valence-corrected chi connectivity index (χ2v) is 2.59. The Morgan fingerprint density at radius 3 is 3.18 bits per heavy atom. The highest BCUT2D eigenvalue weighted by Gasteiger charge is 2.00. The third-order valence-electron chi connectivity index (χ3n) is 1.84. The highest BCUT2D eigenvalue weighted by Crippen LogP contribution is 2.15. The number of hydrogen-bond acceptors (Lipinski definition) is 2. The Hall–Kier alpha value is -1.31. The lowest BCUT2D eigenvalue weighted by atomic mass is 10.1. The zero-order valence-corrected chi connectivity index (χ0v) is 6.25. The molecule has 0 bridgehead atoms. The van der Waals surface area contributed by atoms with E-state index in [1.165, 1.54) is 11.3 Å². The molecule has 1 aliphatic rings. The standard InChI is InChI=1S/C9H10N2/c1-2-4-9-8(3-1)5-6-10-7-11-9/h1-4,7H,5-6H2,(H,10,11). The third kappa shape index (κ3) is 1.24. The van der Waals surface area contributed by atoms with Crippen LogP contribution < -0.4 is 5.32 Å². The molecule has 2 heteroatoms. The second kappa shape index (κ2) is 2.74. The van der Waals surface area contributed by atoms with E-state index >= 15 is 0 Å². The van der Waals surface area contributed by atoms with E-state index in [1.807, 2.05) is 6.07 Å². The molecule has 0 fully saturated rings. The molecule has 2 nitrogen and oxygen atoms in total. The normalized spacial score (nSPS) is 14.9. The molecule has 0 saturated heterocycles. The highest BCUT2D eigenvalue weighted by molar-refractivity contribution is 5.78. The van der Waals surface area contributed by atoms with Crippen molar-refractivity contribution < 1.29 is 0 Å². The van der Waals surface area contributed by atoms with E-state index in [1.54, 1.807) is 6.34 Å². The molecule has 1 aromatic carbocycles. The van der Waals surface area contributed by atoms with Crippen molar-refractivity contribution in [3.63, 3.8) is 0 Å². The Morgan fingerprint density at radius 1 is 1.27 bits per heavy atom. The highest BCUT2D eigenvalue weighted by atomic mass is 14.9. The van der Waals surface area contributed by atoms with Crippen molar-refractivity contribution in [3.8, 4) is 0 Å². The molecule has 0 aliphatic carbocycles.